The minimum Gasteiger partial charge on any atom is -0.394 e. The fourth-order valence-electron chi connectivity index (χ4n) is 3.91. The topological polar surface area (TPSA) is 98.4 Å². The van der Waals surface area contributed by atoms with Gasteiger partial charge in [0.15, 0.2) is 0 Å². The Bertz CT molecular complexity index is 1460. The Balaban J connectivity index is 1.75. The highest BCUT2D eigenvalue weighted by Gasteiger charge is 2.39. The van der Waals surface area contributed by atoms with Crippen LogP contribution in [0.25, 0.3) is 10.8 Å². The first-order chi connectivity index (χ1) is 18.6. The minimum atomic E-state index is -5.07. The maximum atomic E-state index is 15.0. The summed E-state index contributed by atoms with van der Waals surface area (Å²) in [7, 11) is -1.45. The lowest BCUT2D eigenvalue weighted by molar-refractivity contribution is -0.138. The Morgan fingerprint density at radius 1 is 1.20 bits per heavy atom. The van der Waals surface area contributed by atoms with Crippen molar-refractivity contribution in [3.05, 3.63) is 67.2 Å². The van der Waals surface area contributed by atoms with Crippen LogP contribution in [0.1, 0.15) is 12.0 Å². The number of aliphatic hydroxyl groups excluding tert-OH is 1. The van der Waals surface area contributed by atoms with Gasteiger partial charge in [0.05, 0.1) is 40.9 Å². The number of pyridine rings is 1. The lowest BCUT2D eigenvalue weighted by atomic mass is 10.1. The Morgan fingerprint density at radius 2 is 1.90 bits per heavy atom. The molecule has 1 aromatic carbocycles. The molecule has 0 aliphatic carbocycles. The normalized spacial score (nSPS) is 13.9. The molecule has 0 bridgehead atoms. The van der Waals surface area contributed by atoms with Gasteiger partial charge in [-0.2, -0.15) is 18.3 Å². The number of aliphatic hydroxyl groups is 1. The molecule has 0 spiro atoms. The molecule has 0 aliphatic heterocycles. The summed E-state index contributed by atoms with van der Waals surface area (Å²) in [5, 5.41) is 16.3. The summed E-state index contributed by atoms with van der Waals surface area (Å²) in [5.41, 5.74) is -4.37. The van der Waals surface area contributed by atoms with E-state index in [9.17, 15) is 36.6 Å². The number of nitrogens with one attached hydrogen (secondary N) is 1. The van der Waals surface area contributed by atoms with Crippen molar-refractivity contribution < 1.29 is 31.8 Å². The molecule has 0 saturated heterocycles. The van der Waals surface area contributed by atoms with Gasteiger partial charge in [0.25, 0.3) is 11.1 Å². The predicted octanol–water partition coefficient (Wildman–Crippen LogP) is 4.99. The smallest absolute Gasteiger partial charge is 0.394 e. The van der Waals surface area contributed by atoms with E-state index in [0.29, 0.717) is 10.1 Å². The number of anilines is 1. The van der Waals surface area contributed by atoms with Gasteiger partial charge in [0.1, 0.15) is 24.3 Å². The number of fused-ring (bicyclic) bond motifs is 1. The van der Waals surface area contributed by atoms with Gasteiger partial charge in [0, 0.05) is 27.3 Å². The van der Waals surface area contributed by atoms with Crippen LogP contribution in [-0.4, -0.2) is 53.0 Å². The average molecular weight is 654 g/mol. The van der Waals surface area contributed by atoms with Crippen LogP contribution in [0, 0.1) is 5.82 Å². The molecule has 3 aromatic rings. The van der Waals surface area contributed by atoms with E-state index >= 15 is 0 Å². The zero-order valence-corrected chi connectivity index (χ0v) is 24.7. The van der Waals surface area contributed by atoms with Crippen molar-refractivity contribution in [3.63, 3.8) is 0 Å². The lowest BCUT2D eigenvalue weighted by Crippen LogP contribution is -2.36. The predicted molar refractivity (Wildman–Crippen MR) is 147 cm³/mol. The van der Waals surface area contributed by atoms with E-state index in [0.717, 1.165) is 22.9 Å². The van der Waals surface area contributed by atoms with E-state index in [1.165, 1.54) is 18.3 Å². The molecule has 0 fully saturated rings. The highest BCUT2D eigenvalue weighted by Crippen LogP contribution is 2.32. The van der Waals surface area contributed by atoms with Crippen molar-refractivity contribution in [2.75, 3.05) is 18.5 Å². The molecule has 2 heterocycles. The average Bonchev–Trinajstić information content (AvgIpc) is 2.84. The maximum Gasteiger partial charge on any atom is 0.423 e. The van der Waals surface area contributed by atoms with E-state index in [1.54, 1.807) is 0 Å². The Kier molecular flexibility index (Phi) is 10.3. The zero-order chi connectivity index (χ0) is 29.8. The maximum absolute atomic E-state index is 15.0. The molecule has 15 heteroatoms. The number of halogens is 6. The van der Waals surface area contributed by atoms with Crippen LogP contribution >= 0.6 is 15.9 Å². The molecule has 3 rings (SSSR count). The number of alkyl halides is 4. The third-order valence-corrected chi connectivity index (χ3v) is 8.38. The van der Waals surface area contributed by atoms with Crippen molar-refractivity contribution in [2.45, 2.75) is 63.8 Å². The van der Waals surface area contributed by atoms with Crippen molar-refractivity contribution in [1.82, 2.24) is 14.3 Å². The quantitative estimate of drug-likeness (QED) is 0.163. The number of hydrogen-bond donors (Lipinski definition) is 2. The van der Waals surface area contributed by atoms with Gasteiger partial charge in [-0.1, -0.05) is 19.6 Å². The number of rotatable bonds is 12. The van der Waals surface area contributed by atoms with Crippen molar-refractivity contribution >= 4 is 40.5 Å². The molecule has 2 aromatic heterocycles. The van der Waals surface area contributed by atoms with Crippen LogP contribution in [0.15, 0.2) is 44.7 Å². The number of ether oxygens (including phenoxy) is 1. The van der Waals surface area contributed by atoms with Crippen LogP contribution in [0.2, 0.25) is 25.7 Å². The molecule has 0 saturated carbocycles. The third-order valence-electron chi connectivity index (χ3n) is 6.07. The zero-order valence-electron chi connectivity index (χ0n) is 22.1. The molecule has 0 amide bonds. The highest BCUT2D eigenvalue weighted by atomic mass is 79.9. The first kappa shape index (κ1) is 31.9. The first-order valence-electron chi connectivity index (χ1n) is 12.4. The van der Waals surface area contributed by atoms with Crippen LogP contribution < -0.4 is 16.4 Å². The van der Waals surface area contributed by atoms with Crippen LogP contribution in [0.4, 0.5) is 27.6 Å². The number of hydrogen-bond acceptors (Lipinski definition) is 6. The second kappa shape index (κ2) is 12.9. The molecular formula is C25H30BrF5N4O4Si. The second-order valence-corrected chi connectivity index (χ2v) is 17.0. The third kappa shape index (κ3) is 8.21. The fraction of sp³-hybridized carbons (Fsp3) is 0.480. The fourth-order valence-corrected chi connectivity index (χ4v) is 5.03. The molecule has 0 aliphatic rings. The van der Waals surface area contributed by atoms with Crippen LogP contribution in [-0.2, 0) is 24.2 Å². The molecule has 2 N–H and O–H groups in total. The van der Waals surface area contributed by atoms with E-state index in [1.807, 2.05) is 0 Å². The highest BCUT2D eigenvalue weighted by molar-refractivity contribution is 9.10. The first-order valence-corrected chi connectivity index (χ1v) is 16.9. The lowest BCUT2D eigenvalue weighted by Gasteiger charge is -2.22. The van der Waals surface area contributed by atoms with E-state index in [4.69, 9.17) is 4.74 Å². The summed E-state index contributed by atoms with van der Waals surface area (Å²) in [5.74, 6) is -0.669. The summed E-state index contributed by atoms with van der Waals surface area (Å²) in [6.45, 7) is 4.83. The summed E-state index contributed by atoms with van der Waals surface area (Å²) >= 11 is 3.03. The summed E-state index contributed by atoms with van der Waals surface area (Å²) in [6, 6.07) is 3.44. The minimum absolute atomic E-state index is 0.0261. The van der Waals surface area contributed by atoms with Crippen LogP contribution in [0.3, 0.4) is 0 Å². The Morgan fingerprint density at radius 3 is 2.52 bits per heavy atom. The number of aromatic nitrogens is 3. The Hall–Kier alpha value is -2.62. The van der Waals surface area contributed by atoms with Crippen molar-refractivity contribution in [3.8, 4) is 0 Å². The van der Waals surface area contributed by atoms with Gasteiger partial charge in [-0.25, -0.2) is 13.5 Å². The SMILES string of the molecule is C[Si](C)(C)CCOCn1ncc(N[C@@H](CO)C[C@@H](F)Cn2ccc3cc(Br)c(F)cc3c2=O)c(C(F)(F)F)c1=O. The van der Waals surface area contributed by atoms with Gasteiger partial charge in [-0.3, -0.25) is 9.59 Å². The molecule has 0 unspecified atom stereocenters. The molecule has 0 radical (unpaired) electrons. The van der Waals surface area contributed by atoms with E-state index < -0.39 is 81.0 Å². The largest absolute Gasteiger partial charge is 0.423 e. The molecule has 40 heavy (non-hydrogen) atoms. The standard InChI is InChI=1S/C25H30BrF5N4O4Si/c1-40(2,3)7-6-39-14-35-24(38)22(25(29,30)31)21(11-32-35)33-17(13-36)9-16(27)12-34-5-4-15-8-19(26)20(28)10-18(15)23(34)37/h4-5,8,10-11,16-17,33,36H,6-7,9,12-14H2,1-3H3/t16-,17-/m1/s1. The van der Waals surface area contributed by atoms with Gasteiger partial charge in [-0.05, 0) is 45.6 Å². The number of benzene rings is 1. The van der Waals surface area contributed by atoms with Gasteiger partial charge in [-0.15, -0.1) is 0 Å². The van der Waals surface area contributed by atoms with Gasteiger partial charge >= 0.3 is 6.18 Å². The van der Waals surface area contributed by atoms with Crippen molar-refractivity contribution in [1.29, 1.82) is 0 Å². The second-order valence-electron chi connectivity index (χ2n) is 10.6. The monoisotopic (exact) mass is 652 g/mol. The molecular weight excluding hydrogens is 623 g/mol. The summed E-state index contributed by atoms with van der Waals surface area (Å²) in [4.78, 5) is 25.3. The Labute approximate surface area is 235 Å². The van der Waals surface area contributed by atoms with Gasteiger partial charge < -0.3 is 19.7 Å². The molecule has 220 valence electrons. The van der Waals surface area contributed by atoms with Gasteiger partial charge in [0.2, 0.25) is 0 Å². The van der Waals surface area contributed by atoms with Crippen LogP contribution in [0.5, 0.6) is 0 Å². The summed E-state index contributed by atoms with van der Waals surface area (Å²) < 4.78 is 77.5. The molecule has 8 nitrogen and oxygen atoms in total. The van der Waals surface area contributed by atoms with E-state index in [2.05, 4.69) is 46.0 Å². The van der Waals surface area contributed by atoms with E-state index in [-0.39, 0.29) is 16.5 Å². The summed E-state index contributed by atoms with van der Waals surface area (Å²) in [6.07, 6.45) is -5.26. The molecule has 2 atom stereocenters. The van der Waals surface area contributed by atoms with Crippen molar-refractivity contribution in [2.24, 2.45) is 0 Å². The number of nitrogens with zero attached hydrogens (tertiary/aromatic N) is 3.